The molecule has 0 radical (unpaired) electrons. The van der Waals surface area contributed by atoms with Crippen LogP contribution in [0.2, 0.25) is 0 Å². The van der Waals surface area contributed by atoms with Crippen LogP contribution in [0.15, 0.2) is 24.3 Å². The molecular weight excluding hydrogens is 326 g/mol. The number of carbonyl (C=O) groups is 2. The Bertz CT molecular complexity index is 751. The number of benzene rings is 1. The first-order valence-electron chi connectivity index (χ1n) is 7.76. The van der Waals surface area contributed by atoms with Crippen LogP contribution in [0.1, 0.15) is 33.2 Å². The third-order valence-electron chi connectivity index (χ3n) is 3.65. The minimum atomic E-state index is -0.164. The maximum atomic E-state index is 12.1. The lowest BCUT2D eigenvalue weighted by Crippen LogP contribution is -2.25. The smallest absolute Gasteiger partial charge is 0.263 e. The first kappa shape index (κ1) is 16.4. The SMILES string of the molecule is COc1ccc(NC(=O)Cc2nc(C)c(C(=O)NC3CC3)s2)cc1. The topological polar surface area (TPSA) is 80.3 Å². The van der Waals surface area contributed by atoms with Crippen molar-refractivity contribution in [1.29, 1.82) is 0 Å². The fourth-order valence-electron chi connectivity index (χ4n) is 2.23. The van der Waals surface area contributed by atoms with Gasteiger partial charge in [0.05, 0.1) is 19.2 Å². The van der Waals surface area contributed by atoms with Gasteiger partial charge in [-0.05, 0) is 44.0 Å². The van der Waals surface area contributed by atoms with Crippen molar-refractivity contribution < 1.29 is 14.3 Å². The summed E-state index contributed by atoms with van der Waals surface area (Å²) >= 11 is 1.28. The highest BCUT2D eigenvalue weighted by molar-refractivity contribution is 7.13. The fraction of sp³-hybridized carbons (Fsp3) is 0.353. The minimum Gasteiger partial charge on any atom is -0.497 e. The summed E-state index contributed by atoms with van der Waals surface area (Å²) in [7, 11) is 1.59. The monoisotopic (exact) mass is 345 g/mol. The van der Waals surface area contributed by atoms with Crippen LogP contribution in [0, 0.1) is 6.92 Å². The Balaban J connectivity index is 1.60. The van der Waals surface area contributed by atoms with Crippen molar-refractivity contribution in [2.24, 2.45) is 0 Å². The highest BCUT2D eigenvalue weighted by Crippen LogP contribution is 2.23. The average Bonchev–Trinajstić information content (AvgIpc) is 3.29. The first-order chi connectivity index (χ1) is 11.5. The molecule has 0 bridgehead atoms. The van der Waals surface area contributed by atoms with Crippen LogP contribution in [0.3, 0.4) is 0 Å². The van der Waals surface area contributed by atoms with Gasteiger partial charge in [-0.3, -0.25) is 9.59 Å². The van der Waals surface area contributed by atoms with Gasteiger partial charge in [0, 0.05) is 11.7 Å². The van der Waals surface area contributed by atoms with Gasteiger partial charge in [-0.15, -0.1) is 11.3 Å². The molecule has 1 aromatic carbocycles. The van der Waals surface area contributed by atoms with Gasteiger partial charge in [0.2, 0.25) is 5.91 Å². The zero-order valence-electron chi connectivity index (χ0n) is 13.6. The lowest BCUT2D eigenvalue weighted by atomic mass is 10.3. The largest absolute Gasteiger partial charge is 0.497 e. The number of ether oxygens (including phenoxy) is 1. The average molecular weight is 345 g/mol. The number of methoxy groups -OCH3 is 1. The Morgan fingerprint density at radius 3 is 2.62 bits per heavy atom. The summed E-state index contributed by atoms with van der Waals surface area (Å²) in [4.78, 5) is 29.2. The Morgan fingerprint density at radius 2 is 2.00 bits per heavy atom. The minimum absolute atomic E-state index is 0.0886. The quantitative estimate of drug-likeness (QED) is 0.843. The second kappa shape index (κ2) is 7.00. The molecule has 1 aliphatic carbocycles. The van der Waals surface area contributed by atoms with Gasteiger partial charge in [0.25, 0.3) is 5.91 Å². The molecule has 0 aliphatic heterocycles. The van der Waals surface area contributed by atoms with Crippen LogP contribution in [-0.2, 0) is 11.2 Å². The number of nitrogens with one attached hydrogen (secondary N) is 2. The molecule has 0 unspecified atom stereocenters. The predicted octanol–water partition coefficient (Wildman–Crippen LogP) is 2.53. The summed E-state index contributed by atoms with van der Waals surface area (Å²) in [5.41, 5.74) is 1.37. The summed E-state index contributed by atoms with van der Waals surface area (Å²) < 4.78 is 5.08. The van der Waals surface area contributed by atoms with Gasteiger partial charge in [-0.1, -0.05) is 0 Å². The summed E-state index contributed by atoms with van der Waals surface area (Å²) in [6.45, 7) is 1.79. The van der Waals surface area contributed by atoms with E-state index in [0.717, 1.165) is 18.6 Å². The normalized spacial score (nSPS) is 13.4. The number of hydrogen-bond acceptors (Lipinski definition) is 5. The van der Waals surface area contributed by atoms with Crippen LogP contribution in [0.5, 0.6) is 5.75 Å². The molecule has 0 saturated heterocycles. The number of thiazole rings is 1. The lowest BCUT2D eigenvalue weighted by Gasteiger charge is -2.05. The van der Waals surface area contributed by atoms with Crippen LogP contribution in [-0.4, -0.2) is 29.9 Å². The van der Waals surface area contributed by atoms with Gasteiger partial charge in [-0.2, -0.15) is 0 Å². The van der Waals surface area contributed by atoms with E-state index < -0.39 is 0 Å². The number of anilines is 1. The van der Waals surface area contributed by atoms with Crippen molar-refractivity contribution in [1.82, 2.24) is 10.3 Å². The number of aryl methyl sites for hydroxylation is 1. The van der Waals surface area contributed by atoms with Crippen molar-refractivity contribution in [3.8, 4) is 5.75 Å². The highest BCUT2D eigenvalue weighted by Gasteiger charge is 2.26. The Hall–Kier alpha value is -2.41. The van der Waals surface area contributed by atoms with Crippen LogP contribution in [0.25, 0.3) is 0 Å². The number of nitrogens with zero attached hydrogens (tertiary/aromatic N) is 1. The second-order valence-corrected chi connectivity index (χ2v) is 6.81. The molecule has 0 spiro atoms. The number of carbonyl (C=O) groups excluding carboxylic acids is 2. The fourth-order valence-corrected chi connectivity index (χ4v) is 3.20. The van der Waals surface area contributed by atoms with Gasteiger partial charge >= 0.3 is 0 Å². The van der Waals surface area contributed by atoms with Crippen molar-refractivity contribution in [3.05, 3.63) is 39.8 Å². The number of rotatable bonds is 6. The van der Waals surface area contributed by atoms with E-state index >= 15 is 0 Å². The van der Waals surface area contributed by atoms with Crippen LogP contribution < -0.4 is 15.4 Å². The zero-order chi connectivity index (χ0) is 17.1. The Morgan fingerprint density at radius 1 is 1.29 bits per heavy atom. The molecule has 2 aromatic rings. The third-order valence-corrected chi connectivity index (χ3v) is 4.80. The van der Waals surface area contributed by atoms with Crippen molar-refractivity contribution in [3.63, 3.8) is 0 Å². The van der Waals surface area contributed by atoms with Gasteiger partial charge in [0.15, 0.2) is 0 Å². The number of amides is 2. The van der Waals surface area contributed by atoms with Crippen molar-refractivity contribution in [2.45, 2.75) is 32.2 Å². The van der Waals surface area contributed by atoms with Gasteiger partial charge in [-0.25, -0.2) is 4.98 Å². The number of hydrogen-bond donors (Lipinski definition) is 2. The summed E-state index contributed by atoms with van der Waals surface area (Å²) in [6, 6.07) is 7.42. The molecule has 1 heterocycles. The lowest BCUT2D eigenvalue weighted by molar-refractivity contribution is -0.115. The van der Waals surface area contributed by atoms with E-state index in [1.165, 1.54) is 11.3 Å². The molecule has 126 valence electrons. The van der Waals surface area contributed by atoms with E-state index in [-0.39, 0.29) is 18.2 Å². The summed E-state index contributed by atoms with van der Waals surface area (Å²) in [6.07, 6.45) is 2.23. The molecule has 0 atom stereocenters. The van der Waals surface area contributed by atoms with Crippen molar-refractivity contribution >= 4 is 28.8 Å². The molecule has 2 amide bonds. The van der Waals surface area contributed by atoms with E-state index in [1.54, 1.807) is 38.3 Å². The molecule has 2 N–H and O–H groups in total. The number of aromatic nitrogens is 1. The first-order valence-corrected chi connectivity index (χ1v) is 8.58. The molecule has 1 aromatic heterocycles. The van der Waals surface area contributed by atoms with Crippen molar-refractivity contribution in [2.75, 3.05) is 12.4 Å². The van der Waals surface area contributed by atoms with E-state index in [1.807, 2.05) is 0 Å². The highest BCUT2D eigenvalue weighted by atomic mass is 32.1. The molecule has 1 aliphatic rings. The Labute approximate surface area is 144 Å². The molecule has 6 nitrogen and oxygen atoms in total. The molecule has 24 heavy (non-hydrogen) atoms. The van der Waals surface area contributed by atoms with Gasteiger partial charge in [0.1, 0.15) is 15.6 Å². The molecule has 3 rings (SSSR count). The van der Waals surface area contributed by atoms with Crippen LogP contribution >= 0.6 is 11.3 Å². The second-order valence-electron chi connectivity index (χ2n) is 5.72. The molecule has 1 fully saturated rings. The third kappa shape index (κ3) is 4.11. The van der Waals surface area contributed by atoms with E-state index in [9.17, 15) is 9.59 Å². The van der Waals surface area contributed by atoms with Crippen LogP contribution in [0.4, 0.5) is 5.69 Å². The Kier molecular flexibility index (Phi) is 4.80. The summed E-state index contributed by atoms with van der Waals surface area (Å²) in [5.74, 6) is 0.479. The molecule has 1 saturated carbocycles. The maximum absolute atomic E-state index is 12.1. The van der Waals surface area contributed by atoms with E-state index in [4.69, 9.17) is 4.74 Å². The van der Waals surface area contributed by atoms with Gasteiger partial charge < -0.3 is 15.4 Å². The summed E-state index contributed by atoms with van der Waals surface area (Å²) in [5, 5.41) is 6.40. The predicted molar refractivity (Wildman–Crippen MR) is 92.7 cm³/mol. The zero-order valence-corrected chi connectivity index (χ0v) is 14.4. The maximum Gasteiger partial charge on any atom is 0.263 e. The standard InChI is InChI=1S/C17H19N3O3S/c1-10-16(17(22)20-12-3-4-12)24-15(18-10)9-14(21)19-11-5-7-13(23-2)8-6-11/h5-8,12H,3-4,9H2,1-2H3,(H,19,21)(H,20,22). The van der Waals surface area contributed by atoms with E-state index in [2.05, 4.69) is 15.6 Å². The molecule has 7 heteroatoms. The van der Waals surface area contributed by atoms with E-state index in [0.29, 0.717) is 27.3 Å². The molecular formula is C17H19N3O3S.